The third-order valence-corrected chi connectivity index (χ3v) is 4.06. The van der Waals surface area contributed by atoms with Gasteiger partial charge in [-0.05, 0) is 37.5 Å². The summed E-state index contributed by atoms with van der Waals surface area (Å²) in [7, 11) is 0. The van der Waals surface area contributed by atoms with Crippen LogP contribution < -0.4 is 11.1 Å². The van der Waals surface area contributed by atoms with Crippen LogP contribution in [0.1, 0.15) is 45.4 Å². The molecule has 0 aromatic carbocycles. The summed E-state index contributed by atoms with van der Waals surface area (Å²) in [6.07, 6.45) is 6.61. The first kappa shape index (κ1) is 10.9. The summed E-state index contributed by atoms with van der Waals surface area (Å²) in [5.74, 6) is 1.80. The van der Waals surface area contributed by atoms with Crippen molar-refractivity contribution in [3.05, 3.63) is 0 Å². The molecule has 2 aliphatic carbocycles. The molecule has 2 saturated carbocycles. The predicted octanol–water partition coefficient (Wildman–Crippen LogP) is 1.42. The summed E-state index contributed by atoms with van der Waals surface area (Å²) in [6, 6.07) is 0.490. The van der Waals surface area contributed by atoms with Crippen molar-refractivity contribution >= 4 is 5.91 Å². The second-order valence-electron chi connectivity index (χ2n) is 5.22. The Bertz CT molecular complexity index is 242. The second-order valence-corrected chi connectivity index (χ2v) is 5.22. The lowest BCUT2D eigenvalue weighted by atomic mass is 9.95. The third-order valence-electron chi connectivity index (χ3n) is 4.06. The van der Waals surface area contributed by atoms with Gasteiger partial charge in [0, 0.05) is 18.5 Å². The molecule has 1 amide bonds. The zero-order valence-corrected chi connectivity index (χ0v) is 9.54. The molecule has 0 radical (unpaired) electrons. The Morgan fingerprint density at radius 2 is 2.27 bits per heavy atom. The first-order chi connectivity index (χ1) is 7.19. The number of carbonyl (C=O) groups is 1. The van der Waals surface area contributed by atoms with E-state index in [0.29, 0.717) is 12.5 Å². The van der Waals surface area contributed by atoms with Gasteiger partial charge in [-0.15, -0.1) is 0 Å². The first-order valence-corrected chi connectivity index (χ1v) is 6.24. The van der Waals surface area contributed by atoms with Crippen LogP contribution >= 0.6 is 0 Å². The van der Waals surface area contributed by atoms with E-state index in [0.717, 1.165) is 18.3 Å². The van der Waals surface area contributed by atoms with Gasteiger partial charge in [-0.1, -0.05) is 13.3 Å². The molecule has 15 heavy (non-hydrogen) atoms. The molecular formula is C12H22N2O. The number of nitrogens with one attached hydrogen (secondary N) is 1. The van der Waals surface area contributed by atoms with Crippen molar-refractivity contribution < 1.29 is 4.79 Å². The number of rotatable bonds is 4. The standard InChI is InChI=1S/C12H22N2O/c1-2-10(13)7-12(15)14-11-6-8-3-4-9(11)5-8/h8-11H,2-7,13H2,1H3,(H,14,15). The molecule has 0 aromatic heterocycles. The largest absolute Gasteiger partial charge is 0.353 e. The quantitative estimate of drug-likeness (QED) is 0.737. The Balaban J connectivity index is 1.75. The minimum atomic E-state index is 0.0311. The molecule has 0 spiro atoms. The maximum Gasteiger partial charge on any atom is 0.221 e. The third kappa shape index (κ3) is 2.51. The predicted molar refractivity (Wildman–Crippen MR) is 60.3 cm³/mol. The highest BCUT2D eigenvalue weighted by molar-refractivity contribution is 5.76. The van der Waals surface area contributed by atoms with Gasteiger partial charge in [-0.25, -0.2) is 0 Å². The molecule has 2 bridgehead atoms. The SMILES string of the molecule is CCC(N)CC(=O)NC1CC2CCC1C2. The summed E-state index contributed by atoms with van der Waals surface area (Å²) in [6.45, 7) is 2.02. The summed E-state index contributed by atoms with van der Waals surface area (Å²) < 4.78 is 0. The van der Waals surface area contributed by atoms with Crippen molar-refractivity contribution in [3.8, 4) is 0 Å². The Morgan fingerprint density at radius 1 is 1.47 bits per heavy atom. The molecular weight excluding hydrogens is 188 g/mol. The van der Waals surface area contributed by atoms with E-state index < -0.39 is 0 Å². The van der Waals surface area contributed by atoms with Gasteiger partial charge in [0.2, 0.25) is 5.91 Å². The van der Waals surface area contributed by atoms with E-state index >= 15 is 0 Å². The van der Waals surface area contributed by atoms with Gasteiger partial charge in [0.05, 0.1) is 0 Å². The topological polar surface area (TPSA) is 55.1 Å². The number of hydrogen-bond donors (Lipinski definition) is 2. The van der Waals surface area contributed by atoms with Gasteiger partial charge < -0.3 is 11.1 Å². The summed E-state index contributed by atoms with van der Waals surface area (Å²) in [5, 5.41) is 3.16. The molecule has 0 aromatic rings. The number of amides is 1. The molecule has 0 aliphatic heterocycles. The van der Waals surface area contributed by atoms with Gasteiger partial charge >= 0.3 is 0 Å². The van der Waals surface area contributed by atoms with Crippen LogP contribution in [0.15, 0.2) is 0 Å². The molecule has 0 heterocycles. The van der Waals surface area contributed by atoms with Crippen LogP contribution in [-0.2, 0) is 4.79 Å². The maximum atomic E-state index is 11.7. The van der Waals surface area contributed by atoms with E-state index in [1.807, 2.05) is 6.92 Å². The Hall–Kier alpha value is -0.570. The van der Waals surface area contributed by atoms with Gasteiger partial charge in [0.25, 0.3) is 0 Å². The average Bonchev–Trinajstić information content (AvgIpc) is 2.78. The highest BCUT2D eigenvalue weighted by atomic mass is 16.1. The number of fused-ring (bicyclic) bond motifs is 2. The molecule has 2 fully saturated rings. The van der Waals surface area contributed by atoms with Crippen LogP contribution in [-0.4, -0.2) is 18.0 Å². The highest BCUT2D eigenvalue weighted by Gasteiger charge is 2.39. The fourth-order valence-electron chi connectivity index (χ4n) is 3.07. The number of nitrogens with two attached hydrogens (primary N) is 1. The Morgan fingerprint density at radius 3 is 2.80 bits per heavy atom. The first-order valence-electron chi connectivity index (χ1n) is 6.24. The van der Waals surface area contributed by atoms with E-state index in [2.05, 4.69) is 5.32 Å². The van der Waals surface area contributed by atoms with Crippen molar-refractivity contribution in [2.75, 3.05) is 0 Å². The molecule has 3 nitrogen and oxygen atoms in total. The fraction of sp³-hybridized carbons (Fsp3) is 0.917. The van der Waals surface area contributed by atoms with Crippen molar-refractivity contribution in [2.24, 2.45) is 17.6 Å². The monoisotopic (exact) mass is 210 g/mol. The van der Waals surface area contributed by atoms with Crippen molar-refractivity contribution in [1.82, 2.24) is 5.32 Å². The van der Waals surface area contributed by atoms with E-state index in [1.54, 1.807) is 0 Å². The van der Waals surface area contributed by atoms with E-state index in [-0.39, 0.29) is 11.9 Å². The molecule has 4 atom stereocenters. The molecule has 2 aliphatic rings. The summed E-state index contributed by atoms with van der Waals surface area (Å²) in [4.78, 5) is 11.7. The number of hydrogen-bond acceptors (Lipinski definition) is 2. The zero-order valence-electron chi connectivity index (χ0n) is 9.54. The average molecular weight is 210 g/mol. The maximum absolute atomic E-state index is 11.7. The summed E-state index contributed by atoms with van der Waals surface area (Å²) in [5.41, 5.74) is 5.76. The summed E-state index contributed by atoms with van der Waals surface area (Å²) >= 11 is 0. The fourth-order valence-corrected chi connectivity index (χ4v) is 3.07. The lowest BCUT2D eigenvalue weighted by molar-refractivity contribution is -0.122. The van der Waals surface area contributed by atoms with Crippen molar-refractivity contribution in [1.29, 1.82) is 0 Å². The van der Waals surface area contributed by atoms with Crippen LogP contribution in [0.5, 0.6) is 0 Å². The lowest BCUT2D eigenvalue weighted by Crippen LogP contribution is -2.40. The van der Waals surface area contributed by atoms with Crippen molar-refractivity contribution in [2.45, 2.75) is 57.5 Å². The molecule has 0 saturated heterocycles. The van der Waals surface area contributed by atoms with Crippen LogP contribution in [0.2, 0.25) is 0 Å². The Kier molecular flexibility index (Phi) is 3.29. The molecule has 3 N–H and O–H groups in total. The van der Waals surface area contributed by atoms with E-state index in [1.165, 1.54) is 25.7 Å². The second kappa shape index (κ2) is 4.52. The minimum absolute atomic E-state index is 0.0311. The molecule has 2 rings (SSSR count). The minimum Gasteiger partial charge on any atom is -0.353 e. The van der Waals surface area contributed by atoms with Crippen LogP contribution in [0.25, 0.3) is 0 Å². The Labute approximate surface area is 91.8 Å². The molecule has 3 heteroatoms. The number of carbonyl (C=O) groups excluding carboxylic acids is 1. The van der Waals surface area contributed by atoms with Crippen LogP contribution in [0, 0.1) is 11.8 Å². The smallest absolute Gasteiger partial charge is 0.221 e. The van der Waals surface area contributed by atoms with E-state index in [4.69, 9.17) is 5.73 Å². The van der Waals surface area contributed by atoms with Crippen LogP contribution in [0.3, 0.4) is 0 Å². The van der Waals surface area contributed by atoms with Crippen LogP contribution in [0.4, 0.5) is 0 Å². The van der Waals surface area contributed by atoms with Gasteiger partial charge in [0.15, 0.2) is 0 Å². The van der Waals surface area contributed by atoms with Gasteiger partial charge in [-0.3, -0.25) is 4.79 Å². The van der Waals surface area contributed by atoms with Gasteiger partial charge in [0.1, 0.15) is 0 Å². The zero-order chi connectivity index (χ0) is 10.8. The van der Waals surface area contributed by atoms with Gasteiger partial charge in [-0.2, -0.15) is 0 Å². The highest BCUT2D eigenvalue weighted by Crippen LogP contribution is 2.44. The van der Waals surface area contributed by atoms with Crippen molar-refractivity contribution in [3.63, 3.8) is 0 Å². The van der Waals surface area contributed by atoms with E-state index in [9.17, 15) is 4.79 Å². The normalized spacial score (nSPS) is 35.5. The lowest BCUT2D eigenvalue weighted by Gasteiger charge is -2.23. The molecule has 4 unspecified atom stereocenters. The molecule has 86 valence electrons.